The number of pyridine rings is 2. The van der Waals surface area contributed by atoms with Crippen LogP contribution in [-0.2, 0) is 11.3 Å². The van der Waals surface area contributed by atoms with Crippen molar-refractivity contribution in [1.82, 2.24) is 14.9 Å². The molecular formula is C18H20FN3O2. The second-order valence-corrected chi connectivity index (χ2v) is 6.26. The monoisotopic (exact) mass is 329 g/mol. The lowest BCUT2D eigenvalue weighted by atomic mass is 10.1. The number of morpholine rings is 1. The topological polar surface area (TPSA) is 47.5 Å². The van der Waals surface area contributed by atoms with Gasteiger partial charge in [0.15, 0.2) is 5.82 Å². The Labute approximate surface area is 140 Å². The summed E-state index contributed by atoms with van der Waals surface area (Å²) in [5.74, 6) is -0.361. The van der Waals surface area contributed by atoms with E-state index in [9.17, 15) is 4.39 Å². The number of nitrogens with zero attached hydrogens (tertiary/aromatic N) is 3. The summed E-state index contributed by atoms with van der Waals surface area (Å²) in [5, 5.41) is 0. The fraction of sp³-hybridized carbons (Fsp3) is 0.444. The molecule has 5 nitrogen and oxygen atoms in total. The van der Waals surface area contributed by atoms with E-state index in [1.54, 1.807) is 18.5 Å². The van der Waals surface area contributed by atoms with Crippen molar-refractivity contribution in [1.29, 1.82) is 0 Å². The predicted molar refractivity (Wildman–Crippen MR) is 86.0 cm³/mol. The summed E-state index contributed by atoms with van der Waals surface area (Å²) < 4.78 is 25.6. The molecule has 6 heteroatoms. The Hall–Kier alpha value is -2.05. The lowest BCUT2D eigenvalue weighted by Crippen LogP contribution is -2.51. The van der Waals surface area contributed by atoms with Crippen molar-refractivity contribution in [2.24, 2.45) is 0 Å². The minimum Gasteiger partial charge on any atom is -0.469 e. The van der Waals surface area contributed by atoms with Gasteiger partial charge >= 0.3 is 0 Å². The zero-order valence-corrected chi connectivity index (χ0v) is 13.3. The zero-order chi connectivity index (χ0) is 16.4. The van der Waals surface area contributed by atoms with Crippen molar-refractivity contribution < 1.29 is 13.9 Å². The van der Waals surface area contributed by atoms with E-state index in [0.717, 1.165) is 25.9 Å². The number of ether oxygens (including phenoxy) is 2. The minimum absolute atomic E-state index is 0.0446. The highest BCUT2D eigenvalue weighted by atomic mass is 19.1. The van der Waals surface area contributed by atoms with Crippen LogP contribution in [0.25, 0.3) is 0 Å². The predicted octanol–water partition coefficient (Wildman–Crippen LogP) is 2.43. The molecule has 3 heterocycles. The summed E-state index contributed by atoms with van der Waals surface area (Å²) in [7, 11) is 0. The maximum atomic E-state index is 13.8. The van der Waals surface area contributed by atoms with Crippen LogP contribution in [0.2, 0.25) is 0 Å². The molecule has 0 radical (unpaired) electrons. The van der Waals surface area contributed by atoms with Crippen LogP contribution in [-0.4, -0.2) is 46.3 Å². The van der Waals surface area contributed by atoms with Crippen molar-refractivity contribution in [2.75, 3.05) is 13.2 Å². The van der Waals surface area contributed by atoms with Gasteiger partial charge in [-0.2, -0.15) is 0 Å². The van der Waals surface area contributed by atoms with Crippen molar-refractivity contribution in [3.8, 4) is 5.88 Å². The van der Waals surface area contributed by atoms with E-state index in [1.165, 1.54) is 11.6 Å². The molecule has 2 aliphatic rings. The maximum Gasteiger partial charge on any atom is 0.250 e. The van der Waals surface area contributed by atoms with Crippen LogP contribution in [0.4, 0.5) is 4.39 Å². The summed E-state index contributed by atoms with van der Waals surface area (Å²) in [6, 6.07) is 7.26. The fourth-order valence-electron chi connectivity index (χ4n) is 3.64. The summed E-state index contributed by atoms with van der Waals surface area (Å²) in [5.41, 5.74) is 1.19. The summed E-state index contributed by atoms with van der Waals surface area (Å²) in [6.45, 7) is 2.40. The maximum absolute atomic E-state index is 13.8. The highest BCUT2D eigenvalue weighted by molar-refractivity contribution is 5.15. The molecule has 0 N–H and O–H groups in total. The zero-order valence-electron chi connectivity index (χ0n) is 13.3. The van der Waals surface area contributed by atoms with Gasteiger partial charge in [0.05, 0.1) is 6.61 Å². The third-order valence-corrected chi connectivity index (χ3v) is 4.75. The highest BCUT2D eigenvalue weighted by Gasteiger charge is 2.44. The molecular weight excluding hydrogens is 309 g/mol. The summed E-state index contributed by atoms with van der Waals surface area (Å²) >= 11 is 0. The van der Waals surface area contributed by atoms with Gasteiger partial charge in [0, 0.05) is 37.7 Å². The number of aromatic nitrogens is 2. The molecule has 0 amide bonds. The lowest BCUT2D eigenvalue weighted by molar-refractivity contribution is -0.0927. The van der Waals surface area contributed by atoms with Gasteiger partial charge in [-0.1, -0.05) is 6.07 Å². The van der Waals surface area contributed by atoms with E-state index in [-0.39, 0.29) is 24.1 Å². The molecule has 1 aliphatic heterocycles. The van der Waals surface area contributed by atoms with E-state index >= 15 is 0 Å². The van der Waals surface area contributed by atoms with Gasteiger partial charge in [-0.15, -0.1) is 0 Å². The average molecular weight is 329 g/mol. The molecule has 1 aliphatic carbocycles. The Morgan fingerprint density at radius 3 is 3.00 bits per heavy atom. The van der Waals surface area contributed by atoms with Gasteiger partial charge in [-0.25, -0.2) is 9.37 Å². The smallest absolute Gasteiger partial charge is 0.250 e. The molecule has 2 aromatic heterocycles. The Morgan fingerprint density at radius 2 is 2.17 bits per heavy atom. The number of rotatable bonds is 4. The third kappa shape index (κ3) is 3.12. The van der Waals surface area contributed by atoms with E-state index in [4.69, 9.17) is 9.47 Å². The highest BCUT2D eigenvalue weighted by Crippen LogP contribution is 2.33. The first-order valence-corrected chi connectivity index (χ1v) is 8.33. The van der Waals surface area contributed by atoms with Crippen molar-refractivity contribution in [3.63, 3.8) is 0 Å². The van der Waals surface area contributed by atoms with E-state index in [0.29, 0.717) is 6.61 Å². The standard InChI is InChI=1S/C18H20FN3O2/c19-14-4-2-8-21-18(14)24-16-6-5-15-17(16)23-10-9-22(15)12-13-3-1-7-20-11-13/h1-4,7-8,11,15-17H,5-6,9-10,12H2/t15-,16-,17+/m0/s1. The SMILES string of the molecule is Fc1cccnc1O[C@H]1CC[C@H]2[C@H]1OCCN2Cc1cccnc1. The van der Waals surface area contributed by atoms with Crippen LogP contribution in [0.15, 0.2) is 42.9 Å². The minimum atomic E-state index is -0.427. The molecule has 24 heavy (non-hydrogen) atoms. The molecule has 1 saturated carbocycles. The normalized spacial score (nSPS) is 27.0. The Balaban J connectivity index is 1.45. The van der Waals surface area contributed by atoms with Gasteiger partial charge in [0.2, 0.25) is 0 Å². The number of fused-ring (bicyclic) bond motifs is 1. The molecule has 0 aromatic carbocycles. The Kier molecular flexibility index (Phi) is 4.40. The van der Waals surface area contributed by atoms with E-state index in [1.807, 2.05) is 12.3 Å². The first kappa shape index (κ1) is 15.5. The van der Waals surface area contributed by atoms with Crippen molar-refractivity contribution in [2.45, 2.75) is 37.6 Å². The molecule has 2 fully saturated rings. The van der Waals surface area contributed by atoms with Gasteiger partial charge in [0.25, 0.3) is 5.88 Å². The molecule has 0 bridgehead atoms. The quantitative estimate of drug-likeness (QED) is 0.862. The second-order valence-electron chi connectivity index (χ2n) is 6.26. The van der Waals surface area contributed by atoms with Gasteiger partial charge in [-0.05, 0) is 36.6 Å². The van der Waals surface area contributed by atoms with Crippen LogP contribution in [0, 0.1) is 5.82 Å². The van der Waals surface area contributed by atoms with Crippen molar-refractivity contribution in [3.05, 3.63) is 54.2 Å². The molecule has 0 unspecified atom stereocenters. The van der Waals surface area contributed by atoms with Gasteiger partial charge in [0.1, 0.15) is 12.2 Å². The molecule has 126 valence electrons. The average Bonchev–Trinajstić information content (AvgIpc) is 3.02. The van der Waals surface area contributed by atoms with Crippen LogP contribution in [0.3, 0.4) is 0 Å². The molecule has 4 rings (SSSR count). The number of hydrogen-bond donors (Lipinski definition) is 0. The molecule has 2 aromatic rings. The Morgan fingerprint density at radius 1 is 1.25 bits per heavy atom. The summed E-state index contributed by atoms with van der Waals surface area (Å²) in [6.07, 6.45) is 6.84. The van der Waals surface area contributed by atoms with Crippen molar-refractivity contribution >= 4 is 0 Å². The van der Waals surface area contributed by atoms with Gasteiger partial charge < -0.3 is 9.47 Å². The molecule has 3 atom stereocenters. The Bertz CT molecular complexity index is 685. The first-order valence-electron chi connectivity index (χ1n) is 8.33. The number of halogens is 1. The second kappa shape index (κ2) is 6.83. The third-order valence-electron chi connectivity index (χ3n) is 4.75. The fourth-order valence-corrected chi connectivity index (χ4v) is 3.64. The van der Waals surface area contributed by atoms with Crippen LogP contribution < -0.4 is 4.74 Å². The first-order chi connectivity index (χ1) is 11.8. The molecule has 1 saturated heterocycles. The summed E-state index contributed by atoms with van der Waals surface area (Å²) in [4.78, 5) is 10.6. The molecule has 0 spiro atoms. The number of hydrogen-bond acceptors (Lipinski definition) is 5. The lowest BCUT2D eigenvalue weighted by Gasteiger charge is -2.38. The van der Waals surface area contributed by atoms with Crippen LogP contribution in [0.1, 0.15) is 18.4 Å². The van der Waals surface area contributed by atoms with E-state index in [2.05, 4.69) is 20.9 Å². The van der Waals surface area contributed by atoms with Gasteiger partial charge in [-0.3, -0.25) is 9.88 Å². The van der Waals surface area contributed by atoms with Crippen LogP contribution >= 0.6 is 0 Å². The van der Waals surface area contributed by atoms with E-state index < -0.39 is 5.82 Å². The largest absolute Gasteiger partial charge is 0.469 e. The van der Waals surface area contributed by atoms with Crippen LogP contribution in [0.5, 0.6) is 5.88 Å².